The van der Waals surface area contributed by atoms with Gasteiger partial charge in [0.1, 0.15) is 5.82 Å². The Kier molecular flexibility index (Phi) is 5.28. The maximum atomic E-state index is 13.3. The molecule has 0 bridgehead atoms. The molecular weight excluding hydrogens is 355 g/mol. The van der Waals surface area contributed by atoms with Crippen molar-refractivity contribution in [2.24, 2.45) is 5.92 Å². The molecule has 2 amide bonds. The van der Waals surface area contributed by atoms with E-state index >= 15 is 0 Å². The summed E-state index contributed by atoms with van der Waals surface area (Å²) in [5.41, 5.74) is 3.37. The highest BCUT2D eigenvalue weighted by atomic mass is 35.5. The lowest BCUT2D eigenvalue weighted by Crippen LogP contribution is -2.28. The van der Waals surface area contributed by atoms with E-state index in [1.165, 1.54) is 23.1 Å². The molecule has 1 unspecified atom stereocenters. The molecule has 136 valence electrons. The summed E-state index contributed by atoms with van der Waals surface area (Å²) in [6.07, 6.45) is 0.926. The summed E-state index contributed by atoms with van der Waals surface area (Å²) in [5.74, 6) is -1.36. The van der Waals surface area contributed by atoms with Crippen molar-refractivity contribution < 1.29 is 14.0 Å². The van der Waals surface area contributed by atoms with E-state index in [1.807, 2.05) is 32.0 Å². The normalized spacial score (nSPS) is 16.8. The van der Waals surface area contributed by atoms with E-state index in [9.17, 15) is 14.0 Å². The van der Waals surface area contributed by atoms with Crippen LogP contribution in [0.4, 0.5) is 15.8 Å². The predicted octanol–water partition coefficient (Wildman–Crippen LogP) is 4.34. The first-order valence-electron chi connectivity index (χ1n) is 8.55. The minimum atomic E-state index is -0.539. The van der Waals surface area contributed by atoms with Gasteiger partial charge in [0, 0.05) is 24.3 Å². The Morgan fingerprint density at radius 1 is 1.35 bits per heavy atom. The van der Waals surface area contributed by atoms with E-state index in [-0.39, 0.29) is 29.8 Å². The highest BCUT2D eigenvalue weighted by Crippen LogP contribution is 2.30. The zero-order valence-corrected chi connectivity index (χ0v) is 15.4. The molecule has 1 heterocycles. The number of amides is 2. The Morgan fingerprint density at radius 3 is 2.81 bits per heavy atom. The van der Waals surface area contributed by atoms with Crippen LogP contribution >= 0.6 is 11.6 Å². The van der Waals surface area contributed by atoms with Crippen LogP contribution in [-0.4, -0.2) is 18.4 Å². The second-order valence-corrected chi connectivity index (χ2v) is 6.86. The second kappa shape index (κ2) is 7.46. The topological polar surface area (TPSA) is 49.4 Å². The molecule has 1 saturated heterocycles. The zero-order valence-electron chi connectivity index (χ0n) is 14.7. The van der Waals surface area contributed by atoms with Gasteiger partial charge in [-0.25, -0.2) is 4.39 Å². The van der Waals surface area contributed by atoms with Gasteiger partial charge in [-0.2, -0.15) is 0 Å². The third kappa shape index (κ3) is 3.58. The van der Waals surface area contributed by atoms with Gasteiger partial charge < -0.3 is 10.2 Å². The summed E-state index contributed by atoms with van der Waals surface area (Å²) < 4.78 is 13.3. The highest BCUT2D eigenvalue weighted by molar-refractivity contribution is 6.31. The van der Waals surface area contributed by atoms with Crippen molar-refractivity contribution in [1.29, 1.82) is 0 Å². The van der Waals surface area contributed by atoms with Crippen LogP contribution in [0.2, 0.25) is 5.02 Å². The van der Waals surface area contributed by atoms with Crippen molar-refractivity contribution in [3.8, 4) is 0 Å². The molecule has 1 aliphatic heterocycles. The summed E-state index contributed by atoms with van der Waals surface area (Å²) >= 11 is 5.80. The standard InChI is InChI=1S/C20H20ClFN2O2/c1-3-13-6-4-5-12(2)19(13)23-20(26)14-9-18(25)24(11-14)15-7-8-17(22)16(21)10-15/h4-8,10,14H,3,9,11H2,1-2H3,(H,23,26). The molecule has 2 aromatic rings. The number of hydrogen-bond acceptors (Lipinski definition) is 2. The van der Waals surface area contributed by atoms with E-state index in [0.29, 0.717) is 5.69 Å². The minimum Gasteiger partial charge on any atom is -0.325 e. The predicted molar refractivity (Wildman–Crippen MR) is 101 cm³/mol. The number of nitrogens with one attached hydrogen (secondary N) is 1. The number of para-hydroxylation sites is 1. The van der Waals surface area contributed by atoms with Gasteiger partial charge in [0.25, 0.3) is 0 Å². The Hall–Kier alpha value is -2.40. The van der Waals surface area contributed by atoms with Crippen molar-refractivity contribution >= 4 is 34.8 Å². The van der Waals surface area contributed by atoms with Gasteiger partial charge >= 0.3 is 0 Å². The smallest absolute Gasteiger partial charge is 0.229 e. The van der Waals surface area contributed by atoms with Crippen LogP contribution < -0.4 is 10.2 Å². The summed E-state index contributed by atoms with van der Waals surface area (Å²) in [6, 6.07) is 10.0. The lowest BCUT2D eigenvalue weighted by atomic mass is 10.0. The summed E-state index contributed by atoms with van der Waals surface area (Å²) in [4.78, 5) is 26.5. The number of anilines is 2. The van der Waals surface area contributed by atoms with E-state index in [1.54, 1.807) is 0 Å². The molecule has 2 aromatic carbocycles. The molecule has 26 heavy (non-hydrogen) atoms. The van der Waals surface area contributed by atoms with Gasteiger partial charge in [0.15, 0.2) is 0 Å². The average Bonchev–Trinajstić information content (AvgIpc) is 3.01. The van der Waals surface area contributed by atoms with Crippen molar-refractivity contribution in [3.05, 3.63) is 58.4 Å². The first kappa shape index (κ1) is 18.4. The first-order valence-corrected chi connectivity index (χ1v) is 8.93. The molecule has 0 radical (unpaired) electrons. The Balaban J connectivity index is 1.76. The molecular formula is C20H20ClFN2O2. The van der Waals surface area contributed by atoms with E-state index < -0.39 is 11.7 Å². The van der Waals surface area contributed by atoms with Gasteiger partial charge in [-0.15, -0.1) is 0 Å². The second-order valence-electron chi connectivity index (χ2n) is 6.46. The maximum absolute atomic E-state index is 13.3. The molecule has 0 spiro atoms. The lowest BCUT2D eigenvalue weighted by molar-refractivity contribution is -0.122. The van der Waals surface area contributed by atoms with E-state index in [0.717, 1.165) is 23.2 Å². The number of hydrogen-bond donors (Lipinski definition) is 1. The van der Waals surface area contributed by atoms with Crippen molar-refractivity contribution in [1.82, 2.24) is 0 Å². The third-order valence-corrected chi connectivity index (χ3v) is 4.99. The molecule has 1 atom stereocenters. The minimum absolute atomic E-state index is 0.0456. The van der Waals surface area contributed by atoms with Crippen LogP contribution in [-0.2, 0) is 16.0 Å². The molecule has 1 fully saturated rings. The summed E-state index contributed by atoms with van der Waals surface area (Å²) in [5, 5.41) is 2.94. The van der Waals surface area contributed by atoms with Crippen LogP contribution in [0.1, 0.15) is 24.5 Å². The van der Waals surface area contributed by atoms with Gasteiger partial charge in [-0.1, -0.05) is 36.7 Å². The fraction of sp³-hybridized carbons (Fsp3) is 0.300. The largest absolute Gasteiger partial charge is 0.325 e. The van der Waals surface area contributed by atoms with Crippen LogP contribution in [0, 0.1) is 18.7 Å². The Bertz CT molecular complexity index is 869. The van der Waals surface area contributed by atoms with Crippen molar-refractivity contribution in [2.45, 2.75) is 26.7 Å². The quantitative estimate of drug-likeness (QED) is 0.865. The number of aryl methyl sites for hydroxylation is 2. The number of benzene rings is 2. The summed E-state index contributed by atoms with van der Waals surface area (Å²) in [6.45, 7) is 4.23. The monoisotopic (exact) mass is 374 g/mol. The lowest BCUT2D eigenvalue weighted by Gasteiger charge is -2.18. The van der Waals surface area contributed by atoms with Crippen LogP contribution in [0.15, 0.2) is 36.4 Å². The van der Waals surface area contributed by atoms with Crippen molar-refractivity contribution in [3.63, 3.8) is 0 Å². The molecule has 0 aliphatic carbocycles. The summed E-state index contributed by atoms with van der Waals surface area (Å²) in [7, 11) is 0. The van der Waals surface area contributed by atoms with Crippen LogP contribution in [0.25, 0.3) is 0 Å². The van der Waals surface area contributed by atoms with Gasteiger partial charge in [0.2, 0.25) is 11.8 Å². The molecule has 0 saturated carbocycles. The van der Waals surface area contributed by atoms with Crippen LogP contribution in [0.5, 0.6) is 0 Å². The molecule has 4 nitrogen and oxygen atoms in total. The average molecular weight is 375 g/mol. The zero-order chi connectivity index (χ0) is 18.8. The number of nitrogens with zero attached hydrogens (tertiary/aromatic N) is 1. The van der Waals surface area contributed by atoms with Gasteiger partial charge in [0.05, 0.1) is 10.9 Å². The van der Waals surface area contributed by atoms with E-state index in [4.69, 9.17) is 11.6 Å². The number of carbonyl (C=O) groups excluding carboxylic acids is 2. The van der Waals surface area contributed by atoms with Gasteiger partial charge in [-0.3, -0.25) is 9.59 Å². The Labute approximate surface area is 157 Å². The molecule has 6 heteroatoms. The van der Waals surface area contributed by atoms with Crippen LogP contribution in [0.3, 0.4) is 0 Å². The van der Waals surface area contributed by atoms with Gasteiger partial charge in [-0.05, 0) is 42.7 Å². The molecule has 3 rings (SSSR count). The molecule has 1 aliphatic rings. The maximum Gasteiger partial charge on any atom is 0.229 e. The SMILES string of the molecule is CCc1cccc(C)c1NC(=O)C1CC(=O)N(c2ccc(F)c(Cl)c2)C1. The fourth-order valence-corrected chi connectivity index (χ4v) is 3.39. The fourth-order valence-electron chi connectivity index (χ4n) is 3.21. The third-order valence-electron chi connectivity index (χ3n) is 4.70. The number of carbonyl (C=O) groups is 2. The number of halogens is 2. The Morgan fingerprint density at radius 2 is 2.12 bits per heavy atom. The van der Waals surface area contributed by atoms with Crippen molar-refractivity contribution in [2.75, 3.05) is 16.8 Å². The first-order chi connectivity index (χ1) is 12.4. The molecule has 0 aromatic heterocycles. The number of rotatable bonds is 4. The highest BCUT2D eigenvalue weighted by Gasteiger charge is 2.35. The van der Waals surface area contributed by atoms with E-state index in [2.05, 4.69) is 5.32 Å². The molecule has 1 N–H and O–H groups in total.